The summed E-state index contributed by atoms with van der Waals surface area (Å²) in [5.41, 5.74) is 1.27. The topological polar surface area (TPSA) is 21.3 Å². The number of benzene rings is 1. The van der Waals surface area contributed by atoms with Crippen LogP contribution in [0, 0.1) is 11.8 Å². The van der Waals surface area contributed by atoms with E-state index in [2.05, 4.69) is 55.0 Å². The molecule has 0 radical (unpaired) electrons. The maximum Gasteiger partial charge on any atom is 0.122 e. The molecule has 0 aliphatic carbocycles. The van der Waals surface area contributed by atoms with E-state index in [4.69, 9.17) is 4.74 Å². The lowest BCUT2D eigenvalue weighted by Gasteiger charge is -2.29. The van der Waals surface area contributed by atoms with Gasteiger partial charge in [-0.15, -0.1) is 0 Å². The molecule has 20 heavy (non-hydrogen) atoms. The summed E-state index contributed by atoms with van der Waals surface area (Å²) < 4.78 is 6.61. The van der Waals surface area contributed by atoms with Crippen LogP contribution in [0.15, 0.2) is 22.7 Å². The molecule has 1 rings (SSSR count). The van der Waals surface area contributed by atoms with Crippen molar-refractivity contribution in [2.24, 2.45) is 11.8 Å². The number of halogens is 1. The summed E-state index contributed by atoms with van der Waals surface area (Å²) in [4.78, 5) is 0. The maximum absolute atomic E-state index is 5.50. The first-order valence-electron chi connectivity index (χ1n) is 7.55. The van der Waals surface area contributed by atoms with E-state index >= 15 is 0 Å². The van der Waals surface area contributed by atoms with Gasteiger partial charge in [-0.2, -0.15) is 0 Å². The van der Waals surface area contributed by atoms with Crippen LogP contribution in [0.25, 0.3) is 0 Å². The van der Waals surface area contributed by atoms with Gasteiger partial charge in [0.1, 0.15) is 5.75 Å². The molecule has 114 valence electrons. The zero-order chi connectivity index (χ0) is 15.1. The Morgan fingerprint density at radius 1 is 1.25 bits per heavy atom. The number of hydrogen-bond acceptors (Lipinski definition) is 2. The van der Waals surface area contributed by atoms with E-state index in [1.165, 1.54) is 5.56 Å². The van der Waals surface area contributed by atoms with Gasteiger partial charge in [-0.1, -0.05) is 43.6 Å². The molecule has 0 amide bonds. The first kappa shape index (κ1) is 17.5. The van der Waals surface area contributed by atoms with Crippen molar-refractivity contribution in [2.45, 2.75) is 46.6 Å². The van der Waals surface area contributed by atoms with E-state index in [0.717, 1.165) is 29.6 Å². The largest absolute Gasteiger partial charge is 0.496 e. The predicted molar refractivity (Wildman–Crippen MR) is 90.5 cm³/mol. The Kier molecular flexibility index (Phi) is 7.60. The third kappa shape index (κ3) is 5.10. The van der Waals surface area contributed by atoms with E-state index in [1.54, 1.807) is 7.11 Å². The van der Waals surface area contributed by atoms with E-state index in [-0.39, 0.29) is 0 Å². The van der Waals surface area contributed by atoms with Gasteiger partial charge >= 0.3 is 0 Å². The summed E-state index contributed by atoms with van der Waals surface area (Å²) in [7, 11) is 1.74. The fourth-order valence-corrected chi connectivity index (χ4v) is 2.79. The van der Waals surface area contributed by atoms with Crippen molar-refractivity contribution in [1.29, 1.82) is 0 Å². The number of rotatable bonds is 8. The summed E-state index contributed by atoms with van der Waals surface area (Å²) in [6, 6.07) is 6.73. The molecule has 1 N–H and O–H groups in total. The van der Waals surface area contributed by atoms with Crippen LogP contribution < -0.4 is 10.1 Å². The van der Waals surface area contributed by atoms with Crippen LogP contribution >= 0.6 is 15.9 Å². The van der Waals surface area contributed by atoms with E-state index in [1.807, 2.05) is 12.1 Å². The Morgan fingerprint density at radius 3 is 2.50 bits per heavy atom. The molecule has 0 saturated heterocycles. The highest BCUT2D eigenvalue weighted by atomic mass is 79.9. The highest BCUT2D eigenvalue weighted by Gasteiger charge is 2.21. The Hall–Kier alpha value is -0.540. The number of hydrogen-bond donors (Lipinski definition) is 1. The molecule has 2 atom stereocenters. The molecule has 1 aromatic rings. The minimum Gasteiger partial charge on any atom is -0.496 e. The lowest BCUT2D eigenvalue weighted by atomic mass is 9.86. The van der Waals surface area contributed by atoms with Gasteiger partial charge in [0, 0.05) is 10.5 Å². The van der Waals surface area contributed by atoms with Crippen LogP contribution in [0.2, 0.25) is 0 Å². The van der Waals surface area contributed by atoms with Crippen molar-refractivity contribution in [2.75, 3.05) is 13.7 Å². The lowest BCUT2D eigenvalue weighted by molar-refractivity contribution is 0.294. The van der Waals surface area contributed by atoms with Gasteiger partial charge in [0.2, 0.25) is 0 Å². The SMILES string of the molecule is CCCNC(Cc1cc(Br)ccc1OC)C(C)C(C)C. The molecule has 0 saturated carbocycles. The van der Waals surface area contributed by atoms with Crippen molar-refractivity contribution >= 4 is 15.9 Å². The maximum atomic E-state index is 5.50. The summed E-state index contributed by atoms with van der Waals surface area (Å²) in [5, 5.41) is 3.70. The quantitative estimate of drug-likeness (QED) is 0.742. The molecule has 0 spiro atoms. The fourth-order valence-electron chi connectivity index (χ4n) is 2.38. The first-order valence-corrected chi connectivity index (χ1v) is 8.34. The molecule has 0 fully saturated rings. The zero-order valence-electron chi connectivity index (χ0n) is 13.4. The fraction of sp³-hybridized carbons (Fsp3) is 0.647. The summed E-state index contributed by atoms with van der Waals surface area (Å²) in [5.74, 6) is 2.28. The standard InChI is InChI=1S/C17H28BrNO/c1-6-9-19-16(13(4)12(2)3)11-14-10-15(18)7-8-17(14)20-5/h7-8,10,12-13,16,19H,6,9,11H2,1-5H3. The summed E-state index contributed by atoms with van der Waals surface area (Å²) in [6.45, 7) is 10.2. The average Bonchev–Trinajstić information content (AvgIpc) is 2.42. The Labute approximate surface area is 132 Å². The zero-order valence-corrected chi connectivity index (χ0v) is 15.0. The Bertz CT molecular complexity index is 406. The number of ether oxygens (including phenoxy) is 1. The van der Waals surface area contributed by atoms with E-state index < -0.39 is 0 Å². The molecular formula is C17H28BrNO. The average molecular weight is 342 g/mol. The second-order valence-electron chi connectivity index (χ2n) is 5.82. The summed E-state index contributed by atoms with van der Waals surface area (Å²) >= 11 is 3.56. The molecule has 0 heterocycles. The lowest BCUT2D eigenvalue weighted by Crippen LogP contribution is -2.39. The van der Waals surface area contributed by atoms with Crippen LogP contribution in [0.1, 0.15) is 39.7 Å². The van der Waals surface area contributed by atoms with Crippen LogP contribution in [0.4, 0.5) is 0 Å². The third-order valence-corrected chi connectivity index (χ3v) is 4.52. The molecule has 1 aromatic carbocycles. The molecule has 2 nitrogen and oxygen atoms in total. The molecule has 0 aliphatic rings. The predicted octanol–water partition coefficient (Wildman–Crippen LogP) is 4.66. The molecule has 3 heteroatoms. The van der Waals surface area contributed by atoms with Gasteiger partial charge in [0.15, 0.2) is 0 Å². The minimum absolute atomic E-state index is 0.484. The van der Waals surface area contributed by atoms with E-state index in [9.17, 15) is 0 Å². The molecular weight excluding hydrogens is 314 g/mol. The monoisotopic (exact) mass is 341 g/mol. The highest BCUT2D eigenvalue weighted by molar-refractivity contribution is 9.10. The van der Waals surface area contributed by atoms with Gasteiger partial charge in [-0.05, 0) is 55.0 Å². The second-order valence-corrected chi connectivity index (χ2v) is 6.74. The normalized spacial score (nSPS) is 14.3. The Balaban J connectivity index is 2.90. The van der Waals surface area contributed by atoms with Crippen molar-refractivity contribution in [1.82, 2.24) is 5.32 Å². The second kappa shape index (κ2) is 8.68. The van der Waals surface area contributed by atoms with Crippen molar-refractivity contribution < 1.29 is 4.74 Å². The van der Waals surface area contributed by atoms with Crippen molar-refractivity contribution in [3.63, 3.8) is 0 Å². The van der Waals surface area contributed by atoms with Gasteiger partial charge in [-0.3, -0.25) is 0 Å². The minimum atomic E-state index is 0.484. The Morgan fingerprint density at radius 2 is 1.95 bits per heavy atom. The van der Waals surface area contributed by atoms with Crippen LogP contribution in [0.5, 0.6) is 5.75 Å². The van der Waals surface area contributed by atoms with Gasteiger partial charge < -0.3 is 10.1 Å². The van der Waals surface area contributed by atoms with Gasteiger partial charge in [0.05, 0.1) is 7.11 Å². The van der Waals surface area contributed by atoms with Crippen molar-refractivity contribution in [3.05, 3.63) is 28.2 Å². The third-order valence-electron chi connectivity index (χ3n) is 4.03. The molecule has 0 bridgehead atoms. The van der Waals surface area contributed by atoms with Crippen LogP contribution in [-0.2, 0) is 6.42 Å². The summed E-state index contributed by atoms with van der Waals surface area (Å²) in [6.07, 6.45) is 2.17. The molecule has 2 unspecified atom stereocenters. The number of nitrogens with one attached hydrogen (secondary N) is 1. The highest BCUT2D eigenvalue weighted by Crippen LogP contribution is 2.27. The van der Waals surface area contributed by atoms with Gasteiger partial charge in [-0.25, -0.2) is 0 Å². The van der Waals surface area contributed by atoms with Gasteiger partial charge in [0.25, 0.3) is 0 Å². The molecule has 0 aliphatic heterocycles. The van der Waals surface area contributed by atoms with Crippen molar-refractivity contribution in [3.8, 4) is 5.75 Å². The van der Waals surface area contributed by atoms with E-state index in [0.29, 0.717) is 17.9 Å². The smallest absolute Gasteiger partial charge is 0.122 e. The molecule has 0 aromatic heterocycles. The first-order chi connectivity index (χ1) is 9.49. The van der Waals surface area contributed by atoms with Crippen LogP contribution in [-0.4, -0.2) is 19.7 Å². The number of methoxy groups -OCH3 is 1. The van der Waals surface area contributed by atoms with Crippen LogP contribution in [0.3, 0.4) is 0 Å².